The molecule has 188 valence electrons. The van der Waals surface area contributed by atoms with Gasteiger partial charge in [-0.2, -0.15) is 28.4 Å². The molecule has 0 saturated heterocycles. The number of hydrogen-bond donors (Lipinski definition) is 3. The molecule has 13 heteroatoms. The summed E-state index contributed by atoms with van der Waals surface area (Å²) in [5, 5.41) is 14.7. The molecule has 0 bridgehead atoms. The third-order valence-corrected chi connectivity index (χ3v) is 4.84. The van der Waals surface area contributed by atoms with Crippen LogP contribution in [0.3, 0.4) is 0 Å². The number of anilines is 2. The van der Waals surface area contributed by atoms with Crippen molar-refractivity contribution in [2.45, 2.75) is 25.6 Å². The van der Waals surface area contributed by atoms with Gasteiger partial charge in [-0.3, -0.25) is 9.59 Å². The van der Waals surface area contributed by atoms with Gasteiger partial charge in [0.15, 0.2) is 17.2 Å². The van der Waals surface area contributed by atoms with Crippen molar-refractivity contribution in [3.8, 4) is 11.9 Å². The molecule has 35 heavy (non-hydrogen) atoms. The van der Waals surface area contributed by atoms with Crippen LogP contribution in [0.15, 0.2) is 18.2 Å². The Morgan fingerprint density at radius 3 is 2.51 bits per heavy atom. The van der Waals surface area contributed by atoms with E-state index in [0.29, 0.717) is 6.54 Å². The molecule has 0 aliphatic rings. The Bertz CT molecular complexity index is 1130. The summed E-state index contributed by atoms with van der Waals surface area (Å²) < 4.78 is 45.3. The summed E-state index contributed by atoms with van der Waals surface area (Å²) >= 11 is 0. The van der Waals surface area contributed by atoms with Gasteiger partial charge in [0.25, 0.3) is 5.91 Å². The van der Waals surface area contributed by atoms with Gasteiger partial charge in [0.2, 0.25) is 11.8 Å². The number of ketones is 1. The average molecular weight is 493 g/mol. The smallest absolute Gasteiger partial charge is 0.416 e. The molecule has 0 aliphatic carbocycles. The maximum absolute atomic E-state index is 13.4. The minimum Gasteiger partial charge on any atom is -0.480 e. The van der Waals surface area contributed by atoms with Crippen LogP contribution in [-0.2, 0) is 17.4 Å². The van der Waals surface area contributed by atoms with Crippen LogP contribution < -0.4 is 21.1 Å². The van der Waals surface area contributed by atoms with Crippen LogP contribution in [0.1, 0.15) is 34.0 Å². The summed E-state index contributed by atoms with van der Waals surface area (Å²) in [4.78, 5) is 34.7. The molecular weight excluding hydrogens is 467 g/mol. The molecule has 1 atom stereocenters. The fourth-order valence-corrected chi connectivity index (χ4v) is 3.03. The summed E-state index contributed by atoms with van der Waals surface area (Å²) in [6, 6.07) is 3.71. The van der Waals surface area contributed by atoms with Crippen LogP contribution in [0.5, 0.6) is 5.88 Å². The number of nitriles is 1. The second kappa shape index (κ2) is 11.5. The Morgan fingerprint density at radius 1 is 1.26 bits per heavy atom. The number of hydrogen-bond acceptors (Lipinski definition) is 9. The molecule has 0 saturated carbocycles. The van der Waals surface area contributed by atoms with Gasteiger partial charge in [-0.05, 0) is 44.8 Å². The van der Waals surface area contributed by atoms with E-state index in [1.54, 1.807) is 14.1 Å². The van der Waals surface area contributed by atoms with Gasteiger partial charge in [-0.1, -0.05) is 0 Å². The van der Waals surface area contributed by atoms with Crippen molar-refractivity contribution in [3.63, 3.8) is 0 Å². The highest BCUT2D eigenvalue weighted by Gasteiger charge is 2.32. The Balaban J connectivity index is 2.26. The van der Waals surface area contributed by atoms with E-state index in [9.17, 15) is 28.0 Å². The van der Waals surface area contributed by atoms with E-state index < -0.39 is 35.9 Å². The normalized spacial score (nSPS) is 12.1. The van der Waals surface area contributed by atoms with Gasteiger partial charge in [0.1, 0.15) is 6.07 Å². The summed E-state index contributed by atoms with van der Waals surface area (Å²) in [5.41, 5.74) is 4.28. The molecule has 0 aliphatic heterocycles. The third kappa shape index (κ3) is 7.54. The number of nitrogens with zero attached hydrogens (tertiary/aromatic N) is 4. The highest BCUT2D eigenvalue weighted by molar-refractivity contribution is 5.95. The summed E-state index contributed by atoms with van der Waals surface area (Å²) in [5.74, 6) is -1.54. The van der Waals surface area contributed by atoms with E-state index >= 15 is 0 Å². The van der Waals surface area contributed by atoms with Crippen molar-refractivity contribution in [1.29, 1.82) is 5.26 Å². The van der Waals surface area contributed by atoms with Crippen LogP contribution in [0.4, 0.5) is 24.9 Å². The number of halogens is 3. The topological polar surface area (TPSA) is 146 Å². The standard InChI is InChI=1S/C22H26F3N7O3/c1-12(29-18-16(11-26)20(35-4)31-21(27)30-18)17(33)9-13-7-14(10-15(8-13)22(23,24)25)19(34)28-5-6-32(2)3/h7-8,10,12H,5-6,9H2,1-4H3,(H,28,34)(H3,27,29,30,31)/t12-/m0/s1. The van der Waals surface area contributed by atoms with E-state index in [0.717, 1.165) is 12.1 Å². The molecule has 1 aromatic carbocycles. The average Bonchev–Trinajstić information content (AvgIpc) is 2.77. The Labute approximate surface area is 200 Å². The molecule has 2 aromatic rings. The minimum absolute atomic E-state index is 0.0107. The maximum Gasteiger partial charge on any atom is 0.416 e. The number of nitrogen functional groups attached to an aromatic ring is 1. The summed E-state index contributed by atoms with van der Waals surface area (Å²) in [7, 11) is 4.87. The monoisotopic (exact) mass is 493 g/mol. The largest absolute Gasteiger partial charge is 0.480 e. The molecule has 1 aromatic heterocycles. The number of Topliss-reactive ketones (excluding diaryl/α,β-unsaturated/α-hetero) is 1. The van der Waals surface area contributed by atoms with E-state index in [-0.39, 0.29) is 40.9 Å². The molecule has 0 unspecified atom stereocenters. The molecule has 1 amide bonds. The van der Waals surface area contributed by atoms with Crippen LogP contribution in [0.25, 0.3) is 0 Å². The van der Waals surface area contributed by atoms with Gasteiger partial charge in [-0.15, -0.1) is 0 Å². The highest BCUT2D eigenvalue weighted by Crippen LogP contribution is 2.31. The second-order valence-corrected chi connectivity index (χ2v) is 7.91. The molecule has 0 fully saturated rings. The third-order valence-electron chi connectivity index (χ3n) is 4.84. The molecule has 0 radical (unpaired) electrons. The fraction of sp³-hybridized carbons (Fsp3) is 0.409. The van der Waals surface area contributed by atoms with E-state index in [1.807, 2.05) is 11.0 Å². The van der Waals surface area contributed by atoms with Gasteiger partial charge >= 0.3 is 6.18 Å². The SMILES string of the molecule is COc1nc(N)nc(N[C@@H](C)C(=O)Cc2cc(C(=O)NCCN(C)C)cc(C(F)(F)F)c2)c1C#N. The Morgan fingerprint density at radius 2 is 1.94 bits per heavy atom. The summed E-state index contributed by atoms with van der Waals surface area (Å²) in [6.45, 7) is 2.20. The minimum atomic E-state index is -4.71. The molecule has 1 heterocycles. The number of amides is 1. The lowest BCUT2D eigenvalue weighted by Gasteiger charge is -2.17. The fourth-order valence-electron chi connectivity index (χ4n) is 3.03. The highest BCUT2D eigenvalue weighted by atomic mass is 19.4. The molecule has 0 spiro atoms. The van der Waals surface area contributed by atoms with Gasteiger partial charge in [0, 0.05) is 25.1 Å². The molecule has 10 nitrogen and oxygen atoms in total. The van der Waals surface area contributed by atoms with E-state index in [4.69, 9.17) is 10.5 Å². The van der Waals surface area contributed by atoms with Crippen molar-refractivity contribution >= 4 is 23.5 Å². The number of rotatable bonds is 10. The van der Waals surface area contributed by atoms with Crippen LogP contribution in [-0.4, -0.2) is 66.9 Å². The number of benzene rings is 1. The number of nitrogens with one attached hydrogen (secondary N) is 2. The predicted molar refractivity (Wildman–Crippen MR) is 122 cm³/mol. The van der Waals surface area contributed by atoms with Crippen molar-refractivity contribution in [2.24, 2.45) is 0 Å². The quantitative estimate of drug-likeness (QED) is 0.451. The van der Waals surface area contributed by atoms with Gasteiger partial charge < -0.3 is 26.0 Å². The second-order valence-electron chi connectivity index (χ2n) is 7.91. The zero-order chi connectivity index (χ0) is 26.3. The first kappa shape index (κ1) is 27.3. The molecule has 4 N–H and O–H groups in total. The van der Waals surface area contributed by atoms with Crippen LogP contribution >= 0.6 is 0 Å². The van der Waals surface area contributed by atoms with Crippen molar-refractivity contribution < 1.29 is 27.5 Å². The molecular formula is C22H26F3N7O3. The Hall–Kier alpha value is -3.92. The first-order valence-corrected chi connectivity index (χ1v) is 10.4. The van der Waals surface area contributed by atoms with Crippen LogP contribution in [0, 0.1) is 11.3 Å². The molecule has 2 rings (SSSR count). The van der Waals surface area contributed by atoms with Gasteiger partial charge in [0.05, 0.1) is 18.7 Å². The predicted octanol–water partition coefficient (Wildman–Crippen LogP) is 1.86. The number of nitrogens with two attached hydrogens (primary N) is 1. The summed E-state index contributed by atoms with van der Waals surface area (Å²) in [6.07, 6.45) is -5.12. The lowest BCUT2D eigenvalue weighted by atomic mass is 9.99. The number of carbonyl (C=O) groups excluding carboxylic acids is 2. The number of ether oxygens (including phenoxy) is 1. The first-order chi connectivity index (χ1) is 16.3. The zero-order valence-electron chi connectivity index (χ0n) is 19.7. The first-order valence-electron chi connectivity index (χ1n) is 10.4. The number of carbonyl (C=O) groups is 2. The number of likely N-dealkylation sites (N-methyl/N-ethyl adjacent to an activating group) is 1. The lowest BCUT2D eigenvalue weighted by molar-refractivity contribution is -0.137. The number of aromatic nitrogens is 2. The van der Waals surface area contributed by atoms with Gasteiger partial charge in [-0.25, -0.2) is 0 Å². The van der Waals surface area contributed by atoms with Crippen molar-refractivity contribution in [3.05, 3.63) is 40.5 Å². The zero-order valence-corrected chi connectivity index (χ0v) is 19.7. The van der Waals surface area contributed by atoms with Crippen molar-refractivity contribution in [2.75, 3.05) is 45.3 Å². The van der Waals surface area contributed by atoms with E-state index in [1.165, 1.54) is 20.1 Å². The lowest BCUT2D eigenvalue weighted by Crippen LogP contribution is -2.32. The van der Waals surface area contributed by atoms with Crippen molar-refractivity contribution in [1.82, 2.24) is 20.2 Å². The number of alkyl halides is 3. The maximum atomic E-state index is 13.4. The van der Waals surface area contributed by atoms with E-state index in [2.05, 4.69) is 20.6 Å². The van der Waals surface area contributed by atoms with Crippen LogP contribution in [0.2, 0.25) is 0 Å². The number of methoxy groups -OCH3 is 1. The Kier molecular flexibility index (Phi) is 8.96.